The molecule has 2 nitrogen and oxygen atoms in total. The lowest BCUT2D eigenvalue weighted by atomic mass is 10.1. The zero-order valence-electron chi connectivity index (χ0n) is 8.66. The van der Waals surface area contributed by atoms with E-state index in [1.807, 2.05) is 19.1 Å². The van der Waals surface area contributed by atoms with E-state index < -0.39 is 0 Å². The lowest BCUT2D eigenvalue weighted by Crippen LogP contribution is -1.92. The molecule has 1 aromatic carbocycles. The van der Waals surface area contributed by atoms with Crippen LogP contribution < -0.4 is 4.74 Å². The van der Waals surface area contributed by atoms with Gasteiger partial charge in [0.2, 0.25) is 5.88 Å². The smallest absolute Gasteiger partial charge is 0.221 e. The summed E-state index contributed by atoms with van der Waals surface area (Å²) in [4.78, 5) is 4.34. The second-order valence-electron chi connectivity index (χ2n) is 3.44. The number of aryl methyl sites for hydroxylation is 2. The number of fused-ring (bicyclic) bond motifs is 1. The first-order valence-electron chi connectivity index (χ1n) is 4.63. The number of nitrogens with zero attached hydrogens (tertiary/aromatic N) is 1. The predicted octanol–water partition coefficient (Wildman–Crippen LogP) is 2.86. The highest BCUT2D eigenvalue weighted by Crippen LogP contribution is 2.26. The molecule has 0 aliphatic carbocycles. The van der Waals surface area contributed by atoms with Crippen LogP contribution in [0, 0.1) is 13.8 Å². The van der Waals surface area contributed by atoms with Crippen molar-refractivity contribution in [2.45, 2.75) is 13.8 Å². The molecule has 0 spiro atoms. The van der Waals surface area contributed by atoms with Crippen LogP contribution in [-0.2, 0) is 0 Å². The van der Waals surface area contributed by atoms with E-state index in [1.54, 1.807) is 7.11 Å². The van der Waals surface area contributed by atoms with E-state index in [0.29, 0.717) is 5.88 Å². The summed E-state index contributed by atoms with van der Waals surface area (Å²) in [7, 11) is 1.66. The maximum atomic E-state index is 5.25. The van der Waals surface area contributed by atoms with E-state index in [9.17, 15) is 0 Å². The van der Waals surface area contributed by atoms with Crippen LogP contribution in [0.4, 0.5) is 0 Å². The van der Waals surface area contributed by atoms with E-state index in [4.69, 9.17) is 4.74 Å². The number of benzene rings is 1. The number of methoxy groups -OCH3 is 1. The Hall–Kier alpha value is -1.57. The molecule has 0 saturated heterocycles. The zero-order valence-corrected chi connectivity index (χ0v) is 8.66. The minimum atomic E-state index is 0.712. The third-order valence-corrected chi connectivity index (χ3v) is 2.38. The molecule has 72 valence electrons. The van der Waals surface area contributed by atoms with Gasteiger partial charge in [0.1, 0.15) is 0 Å². The minimum absolute atomic E-state index is 0.712. The van der Waals surface area contributed by atoms with Gasteiger partial charge in [-0.05, 0) is 36.9 Å². The van der Waals surface area contributed by atoms with Gasteiger partial charge < -0.3 is 4.74 Å². The molecule has 0 saturated carbocycles. The molecular formula is C12H13NO. The van der Waals surface area contributed by atoms with E-state index in [-0.39, 0.29) is 0 Å². The molecule has 0 aliphatic heterocycles. The lowest BCUT2D eigenvalue weighted by Gasteiger charge is -2.07. The third kappa shape index (κ3) is 1.33. The summed E-state index contributed by atoms with van der Waals surface area (Å²) in [5.74, 6) is 0.712. The van der Waals surface area contributed by atoms with Crippen LogP contribution in [0.1, 0.15) is 11.3 Å². The van der Waals surface area contributed by atoms with Crippen molar-refractivity contribution in [3.05, 3.63) is 35.5 Å². The molecule has 0 radical (unpaired) electrons. The molecule has 2 rings (SSSR count). The Balaban J connectivity index is 2.87. The van der Waals surface area contributed by atoms with Crippen LogP contribution in [-0.4, -0.2) is 12.1 Å². The van der Waals surface area contributed by atoms with Crippen molar-refractivity contribution < 1.29 is 4.74 Å². The summed E-state index contributed by atoms with van der Waals surface area (Å²) in [6.45, 7) is 4.08. The monoisotopic (exact) mass is 187 g/mol. The molecule has 14 heavy (non-hydrogen) atoms. The fourth-order valence-electron chi connectivity index (χ4n) is 1.68. The van der Waals surface area contributed by atoms with E-state index in [2.05, 4.69) is 24.0 Å². The number of rotatable bonds is 1. The molecule has 0 bridgehead atoms. The van der Waals surface area contributed by atoms with Gasteiger partial charge in [-0.25, -0.2) is 4.98 Å². The summed E-state index contributed by atoms with van der Waals surface area (Å²) in [5, 5.41) is 2.30. The van der Waals surface area contributed by atoms with Crippen molar-refractivity contribution >= 4 is 10.8 Å². The Kier molecular flexibility index (Phi) is 2.12. The van der Waals surface area contributed by atoms with Crippen LogP contribution in [0.2, 0.25) is 0 Å². The quantitative estimate of drug-likeness (QED) is 0.684. The molecule has 0 atom stereocenters. The van der Waals surface area contributed by atoms with Crippen LogP contribution in [0.15, 0.2) is 24.3 Å². The SMILES string of the molecule is COc1nc(C)cc2c(C)cccc12. The Morgan fingerprint density at radius 3 is 2.64 bits per heavy atom. The maximum absolute atomic E-state index is 5.25. The van der Waals surface area contributed by atoms with Crippen LogP contribution in [0.25, 0.3) is 10.8 Å². The number of pyridine rings is 1. The fourth-order valence-corrected chi connectivity index (χ4v) is 1.68. The maximum Gasteiger partial charge on any atom is 0.221 e. The van der Waals surface area contributed by atoms with Gasteiger partial charge in [0.05, 0.1) is 7.11 Å². The first-order valence-corrected chi connectivity index (χ1v) is 4.63. The Morgan fingerprint density at radius 1 is 1.14 bits per heavy atom. The average Bonchev–Trinajstić information content (AvgIpc) is 2.18. The molecule has 2 aromatic rings. The van der Waals surface area contributed by atoms with Crippen molar-refractivity contribution in [3.8, 4) is 5.88 Å². The molecule has 0 aliphatic rings. The van der Waals surface area contributed by atoms with Gasteiger partial charge in [0, 0.05) is 11.1 Å². The van der Waals surface area contributed by atoms with Crippen molar-refractivity contribution in [1.82, 2.24) is 4.98 Å². The molecule has 0 amide bonds. The summed E-state index contributed by atoms with van der Waals surface area (Å²) < 4.78 is 5.25. The second kappa shape index (κ2) is 3.29. The minimum Gasteiger partial charge on any atom is -0.481 e. The topological polar surface area (TPSA) is 22.1 Å². The van der Waals surface area contributed by atoms with Crippen molar-refractivity contribution in [1.29, 1.82) is 0 Å². The standard InChI is InChI=1S/C12H13NO/c1-8-5-4-6-10-11(8)7-9(2)13-12(10)14-3/h4-7H,1-3H3. The average molecular weight is 187 g/mol. The van der Waals surface area contributed by atoms with Gasteiger partial charge in [-0.15, -0.1) is 0 Å². The molecule has 0 fully saturated rings. The van der Waals surface area contributed by atoms with E-state index in [0.717, 1.165) is 11.1 Å². The molecule has 1 heterocycles. The third-order valence-electron chi connectivity index (χ3n) is 2.38. The van der Waals surface area contributed by atoms with Gasteiger partial charge in [-0.3, -0.25) is 0 Å². The summed E-state index contributed by atoms with van der Waals surface area (Å²) in [6, 6.07) is 8.25. The number of aromatic nitrogens is 1. The van der Waals surface area contributed by atoms with Gasteiger partial charge >= 0.3 is 0 Å². The Bertz CT molecular complexity index is 477. The van der Waals surface area contributed by atoms with Crippen molar-refractivity contribution in [2.24, 2.45) is 0 Å². The molecule has 0 N–H and O–H groups in total. The van der Waals surface area contributed by atoms with Gasteiger partial charge in [-0.1, -0.05) is 12.1 Å². The Morgan fingerprint density at radius 2 is 1.93 bits per heavy atom. The number of ether oxygens (including phenoxy) is 1. The number of hydrogen-bond acceptors (Lipinski definition) is 2. The summed E-state index contributed by atoms with van der Waals surface area (Å²) >= 11 is 0. The summed E-state index contributed by atoms with van der Waals surface area (Å²) in [6.07, 6.45) is 0. The highest BCUT2D eigenvalue weighted by atomic mass is 16.5. The molecule has 2 heteroatoms. The van der Waals surface area contributed by atoms with E-state index >= 15 is 0 Å². The highest BCUT2D eigenvalue weighted by Gasteiger charge is 2.05. The first kappa shape index (κ1) is 9.00. The summed E-state index contributed by atoms with van der Waals surface area (Å²) in [5.41, 5.74) is 2.25. The second-order valence-corrected chi connectivity index (χ2v) is 3.44. The molecular weight excluding hydrogens is 174 g/mol. The van der Waals surface area contributed by atoms with Crippen LogP contribution in [0.5, 0.6) is 5.88 Å². The van der Waals surface area contributed by atoms with Gasteiger partial charge in [-0.2, -0.15) is 0 Å². The highest BCUT2D eigenvalue weighted by molar-refractivity contribution is 5.89. The lowest BCUT2D eigenvalue weighted by molar-refractivity contribution is 0.402. The van der Waals surface area contributed by atoms with E-state index in [1.165, 1.54) is 10.9 Å². The van der Waals surface area contributed by atoms with Crippen molar-refractivity contribution in [2.75, 3.05) is 7.11 Å². The van der Waals surface area contributed by atoms with Crippen LogP contribution in [0.3, 0.4) is 0 Å². The zero-order chi connectivity index (χ0) is 10.1. The normalized spacial score (nSPS) is 10.5. The fraction of sp³-hybridized carbons (Fsp3) is 0.250. The Labute approximate surface area is 83.5 Å². The van der Waals surface area contributed by atoms with Crippen LogP contribution >= 0.6 is 0 Å². The first-order chi connectivity index (χ1) is 6.72. The van der Waals surface area contributed by atoms with Gasteiger partial charge in [0.15, 0.2) is 0 Å². The largest absolute Gasteiger partial charge is 0.481 e. The van der Waals surface area contributed by atoms with Gasteiger partial charge in [0.25, 0.3) is 0 Å². The number of hydrogen-bond donors (Lipinski definition) is 0. The molecule has 0 unspecified atom stereocenters. The predicted molar refractivity (Wildman–Crippen MR) is 57.8 cm³/mol. The molecule has 1 aromatic heterocycles. The van der Waals surface area contributed by atoms with Crippen molar-refractivity contribution in [3.63, 3.8) is 0 Å².